The maximum Gasteiger partial charge on any atom is 0.0692 e. The van der Waals surface area contributed by atoms with Crippen LogP contribution < -0.4 is 10.6 Å². The van der Waals surface area contributed by atoms with Gasteiger partial charge in [0.2, 0.25) is 0 Å². The van der Waals surface area contributed by atoms with Crippen LogP contribution in [0.3, 0.4) is 0 Å². The highest BCUT2D eigenvalue weighted by Crippen LogP contribution is 2.42. The first-order chi connectivity index (χ1) is 7.72. The quantitative estimate of drug-likeness (QED) is 0.589. The summed E-state index contributed by atoms with van der Waals surface area (Å²) in [4.78, 5) is 5.42. The zero-order chi connectivity index (χ0) is 11.3. The van der Waals surface area contributed by atoms with E-state index in [0.717, 1.165) is 17.7 Å². The van der Waals surface area contributed by atoms with Crippen LogP contribution in [0.25, 0.3) is 10.9 Å². The minimum atomic E-state index is 0.403. The maximum atomic E-state index is 6.04. The summed E-state index contributed by atoms with van der Waals surface area (Å²) >= 11 is 6.04. The fourth-order valence-corrected chi connectivity index (χ4v) is 2.91. The number of rotatable bonds is 1. The number of H-pyrrole nitrogens is 1. The summed E-state index contributed by atoms with van der Waals surface area (Å²) in [6, 6.07) is 4.13. The minimum Gasteiger partial charge on any atom is -0.397 e. The Labute approximate surface area is 99.2 Å². The van der Waals surface area contributed by atoms with Crippen LogP contribution >= 0.6 is 11.6 Å². The van der Waals surface area contributed by atoms with Crippen LogP contribution in [0.5, 0.6) is 0 Å². The molecule has 0 saturated carbocycles. The van der Waals surface area contributed by atoms with Gasteiger partial charge in [-0.25, -0.2) is 0 Å². The summed E-state index contributed by atoms with van der Waals surface area (Å²) in [6.45, 7) is 0.975. The van der Waals surface area contributed by atoms with Gasteiger partial charge in [-0.3, -0.25) is 0 Å². The molecule has 0 bridgehead atoms. The fourth-order valence-electron chi connectivity index (χ4n) is 2.66. The Kier molecular flexibility index (Phi) is 2.04. The number of benzene rings is 1. The van der Waals surface area contributed by atoms with Crippen molar-refractivity contribution in [3.8, 4) is 0 Å². The molecule has 0 aliphatic carbocycles. The van der Waals surface area contributed by atoms with Crippen LogP contribution in [0.4, 0.5) is 11.4 Å². The van der Waals surface area contributed by atoms with Crippen LogP contribution in [0.15, 0.2) is 18.3 Å². The van der Waals surface area contributed by atoms with E-state index < -0.39 is 0 Å². The zero-order valence-electron chi connectivity index (χ0n) is 9.13. The van der Waals surface area contributed by atoms with Gasteiger partial charge in [0.25, 0.3) is 0 Å². The molecule has 0 saturated heterocycles. The lowest BCUT2D eigenvalue weighted by molar-refractivity contribution is 0.807. The first kappa shape index (κ1) is 9.85. The number of likely N-dealkylation sites (N-methyl/N-ethyl adjacent to an activating group) is 1. The van der Waals surface area contributed by atoms with E-state index in [0.29, 0.717) is 11.8 Å². The molecule has 2 aromatic rings. The Bertz CT molecular complexity index is 546. The van der Waals surface area contributed by atoms with Crippen molar-refractivity contribution in [3.63, 3.8) is 0 Å². The van der Waals surface area contributed by atoms with E-state index in [-0.39, 0.29) is 0 Å². The number of anilines is 2. The van der Waals surface area contributed by atoms with Gasteiger partial charge in [0, 0.05) is 42.7 Å². The van der Waals surface area contributed by atoms with Gasteiger partial charge >= 0.3 is 0 Å². The standard InChI is InChI=1S/C12H14ClN3/c1-16-6-7(5-13)11-8-2-3-15-12(8)9(14)4-10(11)16/h2-4,7,15H,5-6,14H2,1H3. The van der Waals surface area contributed by atoms with Crippen LogP contribution in [-0.4, -0.2) is 24.5 Å². The number of hydrogen-bond donors (Lipinski definition) is 2. The summed E-state index contributed by atoms with van der Waals surface area (Å²) < 4.78 is 0. The zero-order valence-corrected chi connectivity index (χ0v) is 9.88. The summed E-state index contributed by atoms with van der Waals surface area (Å²) in [5.41, 5.74) is 10.4. The summed E-state index contributed by atoms with van der Waals surface area (Å²) in [6.07, 6.45) is 1.94. The molecule has 3 N–H and O–H groups in total. The van der Waals surface area contributed by atoms with E-state index >= 15 is 0 Å². The van der Waals surface area contributed by atoms with Gasteiger partial charge in [-0.1, -0.05) is 0 Å². The molecule has 1 unspecified atom stereocenters. The average molecular weight is 236 g/mol. The number of aromatic nitrogens is 1. The highest BCUT2D eigenvalue weighted by atomic mass is 35.5. The van der Waals surface area contributed by atoms with E-state index in [2.05, 4.69) is 23.0 Å². The molecule has 1 aliphatic rings. The Morgan fingerprint density at radius 1 is 1.62 bits per heavy atom. The Morgan fingerprint density at radius 3 is 3.19 bits per heavy atom. The monoisotopic (exact) mass is 235 g/mol. The van der Waals surface area contributed by atoms with Crippen molar-refractivity contribution in [2.24, 2.45) is 0 Å². The number of alkyl halides is 1. The maximum absolute atomic E-state index is 6.04. The van der Waals surface area contributed by atoms with Crippen molar-refractivity contribution < 1.29 is 0 Å². The van der Waals surface area contributed by atoms with Gasteiger partial charge in [0.15, 0.2) is 0 Å². The average Bonchev–Trinajstić information content (AvgIpc) is 2.84. The molecule has 1 aromatic carbocycles. The highest BCUT2D eigenvalue weighted by Gasteiger charge is 2.28. The molecule has 1 aliphatic heterocycles. The third kappa shape index (κ3) is 1.15. The predicted molar refractivity (Wildman–Crippen MR) is 69.4 cm³/mol. The SMILES string of the molecule is CN1CC(CCl)c2c1cc(N)c1[nH]ccc21. The molecular weight excluding hydrogens is 222 g/mol. The van der Waals surface area contributed by atoms with E-state index in [1.165, 1.54) is 16.6 Å². The van der Waals surface area contributed by atoms with Crippen molar-refractivity contribution in [3.05, 3.63) is 23.9 Å². The number of fused-ring (bicyclic) bond motifs is 3. The Balaban J connectivity index is 2.36. The summed E-state index contributed by atoms with van der Waals surface area (Å²) in [7, 11) is 2.09. The molecule has 0 radical (unpaired) electrons. The number of nitrogens with two attached hydrogens (primary N) is 1. The number of nitrogens with zero attached hydrogens (tertiary/aromatic N) is 1. The third-order valence-corrected chi connectivity index (χ3v) is 3.77. The lowest BCUT2D eigenvalue weighted by Crippen LogP contribution is -2.15. The molecule has 1 atom stereocenters. The Morgan fingerprint density at radius 2 is 2.44 bits per heavy atom. The van der Waals surface area contributed by atoms with Gasteiger partial charge in [-0.05, 0) is 17.7 Å². The number of nitrogen functional groups attached to an aromatic ring is 1. The van der Waals surface area contributed by atoms with E-state index in [9.17, 15) is 0 Å². The molecule has 0 fully saturated rings. The lowest BCUT2D eigenvalue weighted by atomic mass is 9.98. The van der Waals surface area contributed by atoms with Crippen molar-refractivity contribution in [2.45, 2.75) is 5.92 Å². The molecule has 3 rings (SSSR count). The van der Waals surface area contributed by atoms with E-state index in [1.54, 1.807) is 0 Å². The minimum absolute atomic E-state index is 0.403. The van der Waals surface area contributed by atoms with Crippen LogP contribution in [0.1, 0.15) is 11.5 Å². The second-order valence-corrected chi connectivity index (χ2v) is 4.71. The second kappa shape index (κ2) is 3.32. The molecule has 0 spiro atoms. The number of aromatic amines is 1. The number of hydrogen-bond acceptors (Lipinski definition) is 2. The third-order valence-electron chi connectivity index (χ3n) is 3.39. The predicted octanol–water partition coefficient (Wildman–Crippen LogP) is 2.52. The van der Waals surface area contributed by atoms with Gasteiger partial charge < -0.3 is 15.6 Å². The summed E-state index contributed by atoms with van der Waals surface area (Å²) in [5, 5.41) is 1.21. The molecule has 1 aromatic heterocycles. The fraction of sp³-hybridized carbons (Fsp3) is 0.333. The number of nitrogens with one attached hydrogen (secondary N) is 1. The molecular formula is C12H14ClN3. The lowest BCUT2D eigenvalue weighted by Gasteiger charge is -2.12. The smallest absolute Gasteiger partial charge is 0.0692 e. The highest BCUT2D eigenvalue weighted by molar-refractivity contribution is 6.18. The van der Waals surface area contributed by atoms with Gasteiger partial charge in [0.1, 0.15) is 0 Å². The van der Waals surface area contributed by atoms with Crippen molar-refractivity contribution in [2.75, 3.05) is 30.1 Å². The van der Waals surface area contributed by atoms with Gasteiger partial charge in [0.05, 0.1) is 11.2 Å². The summed E-state index contributed by atoms with van der Waals surface area (Å²) in [5.74, 6) is 1.06. The van der Waals surface area contributed by atoms with Crippen LogP contribution in [0, 0.1) is 0 Å². The van der Waals surface area contributed by atoms with Gasteiger partial charge in [-0.15, -0.1) is 11.6 Å². The van der Waals surface area contributed by atoms with E-state index in [1.807, 2.05) is 12.3 Å². The van der Waals surface area contributed by atoms with E-state index in [4.69, 9.17) is 17.3 Å². The van der Waals surface area contributed by atoms with Crippen LogP contribution in [-0.2, 0) is 0 Å². The Hall–Kier alpha value is -1.35. The van der Waals surface area contributed by atoms with Crippen LogP contribution in [0.2, 0.25) is 0 Å². The molecule has 3 nitrogen and oxygen atoms in total. The second-order valence-electron chi connectivity index (χ2n) is 4.40. The van der Waals surface area contributed by atoms with Crippen molar-refractivity contribution >= 4 is 33.9 Å². The molecule has 4 heteroatoms. The van der Waals surface area contributed by atoms with Gasteiger partial charge in [-0.2, -0.15) is 0 Å². The normalized spacial score (nSPS) is 19.4. The molecule has 16 heavy (non-hydrogen) atoms. The molecule has 2 heterocycles. The van der Waals surface area contributed by atoms with Crippen molar-refractivity contribution in [1.82, 2.24) is 4.98 Å². The first-order valence-electron chi connectivity index (χ1n) is 5.39. The first-order valence-corrected chi connectivity index (χ1v) is 5.92. The largest absolute Gasteiger partial charge is 0.397 e. The van der Waals surface area contributed by atoms with Crippen molar-refractivity contribution in [1.29, 1.82) is 0 Å². The molecule has 0 amide bonds. The number of halogens is 1. The molecule has 84 valence electrons. The topological polar surface area (TPSA) is 45.0 Å².